The van der Waals surface area contributed by atoms with Crippen LogP contribution in [0.4, 0.5) is 0 Å². The van der Waals surface area contributed by atoms with Crippen molar-refractivity contribution in [3.8, 4) is 0 Å². The molecule has 76 valence electrons. The fourth-order valence-corrected chi connectivity index (χ4v) is 3.78. The predicted octanol–water partition coefficient (Wildman–Crippen LogP) is 2.39. The molecular weight excluding hydrogens is 192 g/mol. The van der Waals surface area contributed by atoms with Crippen molar-refractivity contribution in [3.63, 3.8) is 0 Å². The van der Waals surface area contributed by atoms with Gasteiger partial charge in [-0.1, -0.05) is 0 Å². The zero-order chi connectivity index (χ0) is 9.43. The molecule has 0 bridgehead atoms. The van der Waals surface area contributed by atoms with Gasteiger partial charge in [-0.3, -0.25) is 0 Å². The highest BCUT2D eigenvalue weighted by molar-refractivity contribution is 7.05. The van der Waals surface area contributed by atoms with E-state index in [4.69, 9.17) is 0 Å². The van der Waals surface area contributed by atoms with Crippen molar-refractivity contribution in [2.75, 3.05) is 13.1 Å². The molecule has 1 aromatic heterocycles. The summed E-state index contributed by atoms with van der Waals surface area (Å²) >= 11 is 1.69. The molecule has 1 N–H and O–H groups in total. The molecule has 3 heteroatoms. The van der Waals surface area contributed by atoms with Gasteiger partial charge >= 0.3 is 0 Å². The van der Waals surface area contributed by atoms with Crippen LogP contribution in [0, 0.1) is 5.41 Å². The van der Waals surface area contributed by atoms with Crippen LogP contribution in [-0.2, 0) is 0 Å². The van der Waals surface area contributed by atoms with Gasteiger partial charge in [0.15, 0.2) is 0 Å². The second kappa shape index (κ2) is 3.31. The number of hydrogen-bond donors (Lipinski definition) is 1. The first-order chi connectivity index (χ1) is 6.88. The third kappa shape index (κ3) is 1.39. The molecule has 0 aromatic carbocycles. The summed E-state index contributed by atoms with van der Waals surface area (Å²) < 4.78 is 4.21. The van der Waals surface area contributed by atoms with Gasteiger partial charge in [0, 0.05) is 17.6 Å². The fourth-order valence-electron chi connectivity index (χ4n) is 3.07. The highest BCUT2D eigenvalue weighted by Crippen LogP contribution is 2.50. The van der Waals surface area contributed by atoms with E-state index in [1.807, 2.05) is 6.20 Å². The third-order valence-corrected chi connectivity index (χ3v) is 4.80. The summed E-state index contributed by atoms with van der Waals surface area (Å²) in [7, 11) is 0. The summed E-state index contributed by atoms with van der Waals surface area (Å²) in [5.74, 6) is 0.808. The minimum atomic E-state index is 0.647. The Balaban J connectivity index is 1.75. The molecule has 0 amide bonds. The lowest BCUT2D eigenvalue weighted by Gasteiger charge is -2.21. The van der Waals surface area contributed by atoms with E-state index in [-0.39, 0.29) is 0 Å². The van der Waals surface area contributed by atoms with E-state index in [9.17, 15) is 0 Å². The number of nitrogens with zero attached hydrogens (tertiary/aromatic N) is 1. The molecule has 0 radical (unpaired) electrons. The summed E-state index contributed by atoms with van der Waals surface area (Å²) in [6.07, 6.45) is 7.52. The molecule has 1 aliphatic heterocycles. The van der Waals surface area contributed by atoms with Gasteiger partial charge in [-0.2, -0.15) is 0 Å². The molecular formula is C11H16N2S. The number of aromatic nitrogens is 1. The molecule has 1 saturated heterocycles. The molecule has 2 unspecified atom stereocenters. The largest absolute Gasteiger partial charge is 0.316 e. The van der Waals surface area contributed by atoms with Crippen LogP contribution in [0.3, 0.4) is 0 Å². The molecule has 1 aliphatic carbocycles. The average molecular weight is 208 g/mol. The van der Waals surface area contributed by atoms with Crippen LogP contribution in [-0.4, -0.2) is 17.5 Å². The monoisotopic (exact) mass is 208 g/mol. The van der Waals surface area contributed by atoms with E-state index in [0.717, 1.165) is 5.92 Å². The lowest BCUT2D eigenvalue weighted by molar-refractivity contribution is 0.332. The van der Waals surface area contributed by atoms with Crippen LogP contribution < -0.4 is 5.32 Å². The minimum absolute atomic E-state index is 0.647. The smallest absolute Gasteiger partial charge is 0.0409 e. The molecule has 1 aromatic rings. The molecule has 2 heterocycles. The Labute approximate surface area is 88.9 Å². The Bertz CT molecular complexity index is 301. The van der Waals surface area contributed by atoms with E-state index in [1.165, 1.54) is 43.6 Å². The Morgan fingerprint density at radius 2 is 2.50 bits per heavy atom. The molecule has 2 fully saturated rings. The predicted molar refractivity (Wildman–Crippen MR) is 58.6 cm³/mol. The highest BCUT2D eigenvalue weighted by atomic mass is 32.1. The maximum Gasteiger partial charge on any atom is 0.0409 e. The molecule has 2 aliphatic rings. The van der Waals surface area contributed by atoms with Crippen molar-refractivity contribution >= 4 is 11.5 Å². The summed E-state index contributed by atoms with van der Waals surface area (Å²) in [5.41, 5.74) is 0.647. The van der Waals surface area contributed by atoms with E-state index >= 15 is 0 Å². The van der Waals surface area contributed by atoms with Gasteiger partial charge in [0.1, 0.15) is 0 Å². The molecule has 1 saturated carbocycles. The van der Waals surface area contributed by atoms with Crippen LogP contribution in [0.5, 0.6) is 0 Å². The maximum absolute atomic E-state index is 4.21. The van der Waals surface area contributed by atoms with Crippen molar-refractivity contribution in [3.05, 3.63) is 17.1 Å². The van der Waals surface area contributed by atoms with Gasteiger partial charge in [0.2, 0.25) is 0 Å². The zero-order valence-electron chi connectivity index (χ0n) is 8.33. The number of nitrogens with one attached hydrogen (secondary N) is 1. The summed E-state index contributed by atoms with van der Waals surface area (Å²) in [6, 6.07) is 2.21. The number of hydrogen-bond acceptors (Lipinski definition) is 3. The van der Waals surface area contributed by atoms with Gasteiger partial charge in [-0.05, 0) is 61.2 Å². The van der Waals surface area contributed by atoms with Gasteiger partial charge < -0.3 is 5.32 Å². The SMILES string of the molecule is c1cc(C2CCC3(CCNC3)C2)sn1. The van der Waals surface area contributed by atoms with Gasteiger partial charge in [-0.15, -0.1) is 0 Å². The second-order valence-corrected chi connectivity index (χ2v) is 5.65. The zero-order valence-corrected chi connectivity index (χ0v) is 9.15. The van der Waals surface area contributed by atoms with Crippen LogP contribution in [0.25, 0.3) is 0 Å². The molecule has 2 nitrogen and oxygen atoms in total. The first kappa shape index (κ1) is 8.86. The van der Waals surface area contributed by atoms with Gasteiger partial charge in [0.05, 0.1) is 0 Å². The summed E-state index contributed by atoms with van der Waals surface area (Å²) in [5, 5.41) is 3.51. The van der Waals surface area contributed by atoms with Crippen molar-refractivity contribution in [1.29, 1.82) is 0 Å². The lowest BCUT2D eigenvalue weighted by atomic mass is 9.84. The standard InChI is InChI=1S/C11H16N2S/c1-3-11(4-6-12-8-11)7-9(1)10-2-5-13-14-10/h2,5,9,12H,1,3-4,6-8H2. The van der Waals surface area contributed by atoms with Gasteiger partial charge in [-0.25, -0.2) is 4.37 Å². The first-order valence-electron chi connectivity index (χ1n) is 5.49. The second-order valence-electron chi connectivity index (χ2n) is 4.78. The van der Waals surface area contributed by atoms with Crippen molar-refractivity contribution < 1.29 is 0 Å². The normalized spacial score (nSPS) is 37.0. The molecule has 2 atom stereocenters. The minimum Gasteiger partial charge on any atom is -0.316 e. The fraction of sp³-hybridized carbons (Fsp3) is 0.727. The maximum atomic E-state index is 4.21. The molecule has 14 heavy (non-hydrogen) atoms. The van der Waals surface area contributed by atoms with E-state index in [0.29, 0.717) is 5.41 Å². The van der Waals surface area contributed by atoms with E-state index < -0.39 is 0 Å². The van der Waals surface area contributed by atoms with Crippen LogP contribution >= 0.6 is 11.5 Å². The topological polar surface area (TPSA) is 24.9 Å². The average Bonchev–Trinajstić information content (AvgIpc) is 2.91. The lowest BCUT2D eigenvalue weighted by Crippen LogP contribution is -2.20. The van der Waals surface area contributed by atoms with Crippen LogP contribution in [0.2, 0.25) is 0 Å². The van der Waals surface area contributed by atoms with Crippen molar-refractivity contribution in [2.45, 2.75) is 31.6 Å². The summed E-state index contributed by atoms with van der Waals surface area (Å²) in [6.45, 7) is 2.48. The number of rotatable bonds is 1. The first-order valence-corrected chi connectivity index (χ1v) is 6.27. The molecule has 3 rings (SSSR count). The Morgan fingerprint density at radius 3 is 3.21 bits per heavy atom. The van der Waals surface area contributed by atoms with Gasteiger partial charge in [0.25, 0.3) is 0 Å². The third-order valence-electron chi connectivity index (χ3n) is 3.89. The van der Waals surface area contributed by atoms with Crippen LogP contribution in [0.15, 0.2) is 12.3 Å². The van der Waals surface area contributed by atoms with Crippen molar-refractivity contribution in [2.24, 2.45) is 5.41 Å². The highest BCUT2D eigenvalue weighted by Gasteiger charge is 2.41. The quantitative estimate of drug-likeness (QED) is 0.766. The Morgan fingerprint density at radius 1 is 1.50 bits per heavy atom. The Kier molecular flexibility index (Phi) is 2.10. The molecule has 1 spiro atoms. The van der Waals surface area contributed by atoms with Crippen molar-refractivity contribution in [1.82, 2.24) is 9.69 Å². The van der Waals surface area contributed by atoms with E-state index in [2.05, 4.69) is 15.8 Å². The van der Waals surface area contributed by atoms with Crippen LogP contribution in [0.1, 0.15) is 36.5 Å². The summed E-state index contributed by atoms with van der Waals surface area (Å²) in [4.78, 5) is 1.51. The van der Waals surface area contributed by atoms with E-state index in [1.54, 1.807) is 11.5 Å². The Hall–Kier alpha value is -0.410.